The Balaban J connectivity index is 1.23. The summed E-state index contributed by atoms with van der Waals surface area (Å²) in [5, 5.41) is 7.05. The highest BCUT2D eigenvalue weighted by atomic mass is 79.9. The molecule has 0 radical (unpaired) electrons. The van der Waals surface area contributed by atoms with Crippen molar-refractivity contribution in [3.05, 3.63) is 52.6 Å². The van der Waals surface area contributed by atoms with E-state index < -0.39 is 13.0 Å². The highest BCUT2D eigenvalue weighted by molar-refractivity contribution is 9.10. The first-order chi connectivity index (χ1) is 22.0. The lowest BCUT2D eigenvalue weighted by molar-refractivity contribution is 0.0981. The van der Waals surface area contributed by atoms with Crippen LogP contribution in [0.15, 0.2) is 41.3 Å². The summed E-state index contributed by atoms with van der Waals surface area (Å²) in [6.45, 7) is 11.3. The second kappa shape index (κ2) is 13.4. The van der Waals surface area contributed by atoms with E-state index in [9.17, 15) is 4.57 Å². The number of anilines is 5. The van der Waals surface area contributed by atoms with E-state index in [1.807, 2.05) is 25.1 Å². The smallest absolute Gasteiger partial charge is 0.229 e. The molecule has 2 fully saturated rings. The second-order valence-electron chi connectivity index (χ2n) is 12.4. The first-order valence-electron chi connectivity index (χ1n) is 15.4. The summed E-state index contributed by atoms with van der Waals surface area (Å²) in [6.07, 6.45) is 6.81. The van der Waals surface area contributed by atoms with Crippen molar-refractivity contribution in [2.75, 3.05) is 82.3 Å². The van der Waals surface area contributed by atoms with Gasteiger partial charge >= 0.3 is 0 Å². The van der Waals surface area contributed by atoms with Crippen molar-refractivity contribution in [1.82, 2.24) is 29.7 Å². The number of halogens is 2. The highest BCUT2D eigenvalue weighted by Gasteiger charge is 2.30. The summed E-state index contributed by atoms with van der Waals surface area (Å²) < 4.78 is 35.8. The van der Waals surface area contributed by atoms with Gasteiger partial charge in [0, 0.05) is 63.9 Å². The summed E-state index contributed by atoms with van der Waals surface area (Å²) in [5.74, 6) is 0.381. The number of ether oxygens (including phenoxy) is 1. The van der Waals surface area contributed by atoms with Gasteiger partial charge in [-0.1, -0.05) is 0 Å². The Morgan fingerprint density at radius 2 is 1.72 bits per heavy atom. The standard InChI is InChI=1S/C32H40BrFN9O2P/c1-20-18-25(29(45-3)26(34)28(20)43-12-8-21(9-13-43)42-16-14-41(2)15-17-42)39-32-37-19-22(33)31(40-32)38-24-7-6-23-27(36-11-10-35-23)30(24)46(4,5)44/h6-7,10-11,18-19,21H,8-9,12-17H2,1-5H3,(H2,37,38,39,40). The monoisotopic (exact) mass is 711 g/mol. The van der Waals surface area contributed by atoms with Crippen LogP contribution in [0.2, 0.25) is 0 Å². The quantitative estimate of drug-likeness (QED) is 0.223. The first-order valence-corrected chi connectivity index (χ1v) is 18.8. The van der Waals surface area contributed by atoms with Gasteiger partial charge in [-0.3, -0.25) is 14.9 Å². The zero-order valence-electron chi connectivity index (χ0n) is 26.8. The van der Waals surface area contributed by atoms with Crippen LogP contribution in [0, 0.1) is 12.7 Å². The number of likely N-dealkylation sites (N-methyl/N-ethyl adjacent to an activating group) is 1. The van der Waals surface area contributed by atoms with Crippen LogP contribution in [0.1, 0.15) is 18.4 Å². The lowest BCUT2D eigenvalue weighted by Gasteiger charge is -2.43. The number of aromatic nitrogens is 4. The van der Waals surface area contributed by atoms with Crippen molar-refractivity contribution in [3.8, 4) is 5.75 Å². The number of nitrogens with zero attached hydrogens (tertiary/aromatic N) is 7. The molecule has 6 rings (SSSR count). The predicted octanol–water partition coefficient (Wildman–Crippen LogP) is 5.59. The zero-order chi connectivity index (χ0) is 32.6. The molecule has 0 saturated carbocycles. The zero-order valence-corrected chi connectivity index (χ0v) is 29.3. The van der Waals surface area contributed by atoms with Crippen molar-refractivity contribution in [3.63, 3.8) is 0 Å². The number of methoxy groups -OCH3 is 1. The average Bonchev–Trinajstić information content (AvgIpc) is 3.03. The van der Waals surface area contributed by atoms with E-state index in [0.717, 1.165) is 57.7 Å². The van der Waals surface area contributed by atoms with E-state index in [2.05, 4.69) is 68.2 Å². The fourth-order valence-corrected chi connectivity index (χ4v) is 8.19. The lowest BCUT2D eigenvalue weighted by atomic mass is 10.00. The summed E-state index contributed by atoms with van der Waals surface area (Å²) in [5.41, 5.74) is 3.64. The van der Waals surface area contributed by atoms with Crippen LogP contribution < -0.4 is 25.6 Å². The Morgan fingerprint density at radius 1 is 1.00 bits per heavy atom. The van der Waals surface area contributed by atoms with Crippen molar-refractivity contribution in [2.45, 2.75) is 25.8 Å². The summed E-state index contributed by atoms with van der Waals surface area (Å²) in [7, 11) is 0.863. The molecular weight excluding hydrogens is 672 g/mol. The Bertz CT molecular complexity index is 1790. The Labute approximate surface area is 277 Å². The number of piperazine rings is 1. The van der Waals surface area contributed by atoms with Gasteiger partial charge in [0.25, 0.3) is 0 Å². The fourth-order valence-electron chi connectivity index (χ4n) is 6.50. The molecule has 2 aromatic heterocycles. The maximum Gasteiger partial charge on any atom is 0.229 e. The molecule has 46 heavy (non-hydrogen) atoms. The van der Waals surface area contributed by atoms with Gasteiger partial charge in [0.2, 0.25) is 5.95 Å². The van der Waals surface area contributed by atoms with E-state index in [1.54, 1.807) is 31.9 Å². The molecule has 2 N–H and O–H groups in total. The number of hydrogen-bond donors (Lipinski definition) is 2. The third-order valence-electron chi connectivity index (χ3n) is 8.82. The van der Waals surface area contributed by atoms with Crippen LogP contribution in [0.4, 0.5) is 33.2 Å². The predicted molar refractivity (Wildman–Crippen MR) is 187 cm³/mol. The minimum Gasteiger partial charge on any atom is -0.492 e. The second-order valence-corrected chi connectivity index (χ2v) is 16.4. The molecule has 4 heterocycles. The highest BCUT2D eigenvalue weighted by Crippen LogP contribution is 2.42. The molecule has 0 unspecified atom stereocenters. The van der Waals surface area contributed by atoms with Crippen LogP contribution >= 0.6 is 23.1 Å². The molecule has 14 heteroatoms. The molecule has 2 aliphatic heterocycles. The minimum absolute atomic E-state index is 0.108. The fraction of sp³-hybridized carbons (Fsp3) is 0.438. The third-order valence-corrected chi connectivity index (χ3v) is 10.9. The molecule has 4 aromatic rings. The van der Waals surface area contributed by atoms with Gasteiger partial charge in [0.15, 0.2) is 11.6 Å². The summed E-state index contributed by atoms with van der Waals surface area (Å²) >= 11 is 3.53. The summed E-state index contributed by atoms with van der Waals surface area (Å²) in [6, 6.07) is 6.06. The number of hydrogen-bond acceptors (Lipinski definition) is 11. The minimum atomic E-state index is -2.78. The van der Waals surface area contributed by atoms with Gasteiger partial charge in [0.05, 0.1) is 39.5 Å². The molecule has 2 aliphatic rings. The number of benzene rings is 2. The van der Waals surface area contributed by atoms with Crippen LogP contribution in [-0.2, 0) is 4.57 Å². The SMILES string of the molecule is COc1c(Nc2ncc(Br)c(Nc3ccc4nccnc4c3P(C)(C)=O)n2)cc(C)c(N2CCC(N3CCN(C)CC3)CC2)c1F. The van der Waals surface area contributed by atoms with Crippen LogP contribution in [0.3, 0.4) is 0 Å². The molecule has 0 amide bonds. The Kier molecular flexibility index (Phi) is 9.48. The topological polar surface area (TPSA) is 112 Å². The van der Waals surface area contributed by atoms with Crippen LogP contribution in [0.25, 0.3) is 11.0 Å². The van der Waals surface area contributed by atoms with Crippen molar-refractivity contribution in [1.29, 1.82) is 0 Å². The number of fused-ring (bicyclic) bond motifs is 1. The molecule has 2 aromatic carbocycles. The van der Waals surface area contributed by atoms with E-state index in [0.29, 0.717) is 49.7 Å². The van der Waals surface area contributed by atoms with Gasteiger partial charge < -0.3 is 29.7 Å². The normalized spacial score (nSPS) is 17.0. The first kappa shape index (κ1) is 32.6. The van der Waals surface area contributed by atoms with Crippen molar-refractivity contribution >= 4 is 68.2 Å². The van der Waals surface area contributed by atoms with Gasteiger partial charge in [-0.25, -0.2) is 9.37 Å². The van der Waals surface area contributed by atoms with E-state index in [1.165, 1.54) is 7.11 Å². The van der Waals surface area contributed by atoms with Gasteiger partial charge in [-0.05, 0) is 79.8 Å². The van der Waals surface area contributed by atoms with Crippen LogP contribution in [-0.4, -0.2) is 103 Å². The van der Waals surface area contributed by atoms with Gasteiger partial charge in [-0.15, -0.1) is 0 Å². The molecule has 11 nitrogen and oxygen atoms in total. The van der Waals surface area contributed by atoms with Crippen LogP contribution in [0.5, 0.6) is 5.75 Å². The van der Waals surface area contributed by atoms with E-state index in [4.69, 9.17) is 4.74 Å². The number of rotatable bonds is 8. The van der Waals surface area contributed by atoms with Gasteiger partial charge in [-0.2, -0.15) is 4.98 Å². The molecule has 2 saturated heterocycles. The van der Waals surface area contributed by atoms with Crippen molar-refractivity contribution < 1.29 is 13.7 Å². The molecule has 0 bridgehead atoms. The number of aryl methyl sites for hydroxylation is 1. The summed E-state index contributed by atoms with van der Waals surface area (Å²) in [4.78, 5) is 25.0. The molecule has 0 aliphatic carbocycles. The number of nitrogens with one attached hydrogen (secondary N) is 2. The lowest BCUT2D eigenvalue weighted by Crippen LogP contribution is -2.52. The Hall–Kier alpha value is -3.38. The maximum absolute atomic E-state index is 16.2. The molecule has 0 atom stereocenters. The molecular formula is C32H40BrFN9O2P. The third kappa shape index (κ3) is 6.69. The van der Waals surface area contributed by atoms with E-state index in [-0.39, 0.29) is 11.7 Å². The van der Waals surface area contributed by atoms with Crippen molar-refractivity contribution in [2.24, 2.45) is 0 Å². The molecule has 244 valence electrons. The maximum atomic E-state index is 16.2. The Morgan fingerprint density at radius 3 is 2.41 bits per heavy atom. The number of piperidine rings is 1. The van der Waals surface area contributed by atoms with E-state index >= 15 is 4.39 Å². The molecule has 0 spiro atoms. The van der Waals surface area contributed by atoms with Gasteiger partial charge in [0.1, 0.15) is 18.5 Å². The average molecular weight is 713 g/mol. The largest absolute Gasteiger partial charge is 0.492 e.